The second-order valence-corrected chi connectivity index (χ2v) is 17.5. The molecule has 0 spiro atoms. The summed E-state index contributed by atoms with van der Waals surface area (Å²) in [5, 5.41) is 15.1. The number of aryl methyl sites for hydroxylation is 3. The Kier molecular flexibility index (Phi) is 9.54. The van der Waals surface area contributed by atoms with Crippen molar-refractivity contribution in [1.82, 2.24) is 49.2 Å². The van der Waals surface area contributed by atoms with Crippen LogP contribution < -0.4 is 15.6 Å². The predicted octanol–water partition coefficient (Wildman–Crippen LogP) is 6.12. The Balaban J connectivity index is 1.26. The molecule has 0 unspecified atom stereocenters. The summed E-state index contributed by atoms with van der Waals surface area (Å²) in [5.74, 6) is -9.14. The minimum absolute atomic E-state index is 0.00306. The molecule has 0 bridgehead atoms. The van der Waals surface area contributed by atoms with Crippen molar-refractivity contribution < 1.29 is 39.6 Å². The van der Waals surface area contributed by atoms with Gasteiger partial charge in [-0.25, -0.2) is 35.9 Å². The first kappa shape index (κ1) is 41.1. The van der Waals surface area contributed by atoms with Gasteiger partial charge >= 0.3 is 0 Å². The van der Waals surface area contributed by atoms with Crippen molar-refractivity contribution >= 4 is 55.3 Å². The molecule has 0 aliphatic heterocycles. The molecule has 2 aliphatic carbocycles. The van der Waals surface area contributed by atoms with Crippen molar-refractivity contribution in [3.63, 3.8) is 0 Å². The van der Waals surface area contributed by atoms with Gasteiger partial charge in [0.05, 0.1) is 56.4 Å². The number of fused-ring (bicyclic) bond motifs is 5. The highest BCUT2D eigenvalue weighted by molar-refractivity contribution is 7.92. The maximum absolute atomic E-state index is 15.5. The Labute approximate surface area is 351 Å². The smallest absolute Gasteiger partial charge is 0.293 e. The van der Waals surface area contributed by atoms with Gasteiger partial charge in [-0.2, -0.15) is 24.1 Å². The summed E-state index contributed by atoms with van der Waals surface area (Å²) < 4.78 is 120. The molecule has 2 aliphatic rings. The summed E-state index contributed by atoms with van der Waals surface area (Å²) in [6.07, 6.45) is -2.81. The fraction of sp³-hybridized carbons (Fsp3) is 0.308. The lowest BCUT2D eigenvalue weighted by Gasteiger charge is -2.24. The van der Waals surface area contributed by atoms with E-state index in [0.717, 1.165) is 23.0 Å². The quantitative estimate of drug-likeness (QED) is 0.145. The largest absolute Gasteiger partial charge is 0.344 e. The monoisotopic (exact) mass is 899 g/mol. The van der Waals surface area contributed by atoms with E-state index in [1.807, 2.05) is 0 Å². The fourth-order valence-corrected chi connectivity index (χ4v) is 9.19. The molecule has 9 rings (SSSR count). The van der Waals surface area contributed by atoms with E-state index < -0.39 is 87.7 Å². The van der Waals surface area contributed by atoms with Gasteiger partial charge in [-0.15, -0.1) is 0 Å². The van der Waals surface area contributed by atoms with Crippen LogP contribution in [0, 0.1) is 24.5 Å². The highest BCUT2D eigenvalue weighted by Gasteiger charge is 2.67. The number of benzene rings is 2. The van der Waals surface area contributed by atoms with Crippen LogP contribution in [0.2, 0.25) is 5.02 Å². The molecule has 2 aromatic carbocycles. The van der Waals surface area contributed by atoms with Crippen molar-refractivity contribution in [2.45, 2.75) is 50.6 Å². The summed E-state index contributed by atoms with van der Waals surface area (Å²) in [6.45, 7) is 0.769. The van der Waals surface area contributed by atoms with Crippen LogP contribution in [0.4, 0.5) is 32.2 Å². The second kappa shape index (κ2) is 14.4. The van der Waals surface area contributed by atoms with E-state index in [1.165, 1.54) is 29.9 Å². The fourth-order valence-electron chi connectivity index (χ4n) is 8.45. The molecule has 23 heteroatoms. The van der Waals surface area contributed by atoms with E-state index in [4.69, 9.17) is 16.6 Å². The van der Waals surface area contributed by atoms with E-state index in [9.17, 15) is 35.6 Å². The lowest BCUT2D eigenvalue weighted by molar-refractivity contribution is -0.123. The van der Waals surface area contributed by atoms with Gasteiger partial charge in [0.15, 0.2) is 11.5 Å². The molecular formula is C39H32ClF6N11O4S. The highest BCUT2D eigenvalue weighted by atomic mass is 35.5. The number of carbonyl (C=O) groups is 1. The van der Waals surface area contributed by atoms with Gasteiger partial charge in [-0.3, -0.25) is 32.9 Å². The van der Waals surface area contributed by atoms with Gasteiger partial charge in [-0.1, -0.05) is 11.6 Å². The lowest BCUT2D eigenvalue weighted by atomic mass is 10.0. The molecule has 1 fully saturated rings. The van der Waals surface area contributed by atoms with E-state index in [0.29, 0.717) is 27.8 Å². The third-order valence-electron chi connectivity index (χ3n) is 10.9. The number of carbonyl (C=O) groups excluding carboxylic acids is 1. The Morgan fingerprint density at radius 2 is 1.73 bits per heavy atom. The van der Waals surface area contributed by atoms with Crippen LogP contribution in [-0.4, -0.2) is 64.5 Å². The molecule has 5 aromatic heterocycles. The van der Waals surface area contributed by atoms with Crippen molar-refractivity contribution in [2.24, 2.45) is 20.0 Å². The molecule has 1 amide bonds. The average Bonchev–Trinajstić information content (AvgIpc) is 3.52. The van der Waals surface area contributed by atoms with E-state index in [-0.39, 0.29) is 61.8 Å². The number of sulfonamides is 1. The van der Waals surface area contributed by atoms with Gasteiger partial charge in [0.1, 0.15) is 35.4 Å². The number of hydrogen-bond donors (Lipinski definition) is 2. The van der Waals surface area contributed by atoms with Crippen LogP contribution in [0.1, 0.15) is 58.8 Å². The zero-order chi connectivity index (χ0) is 44.3. The highest BCUT2D eigenvalue weighted by Crippen LogP contribution is 2.68. The summed E-state index contributed by atoms with van der Waals surface area (Å²) >= 11 is 6.62. The van der Waals surface area contributed by atoms with Crippen LogP contribution >= 0.6 is 11.6 Å². The standard InChI is InChI=1S/C39H32ClF6N11O4S/c1-16-9-27(54(2)50-16)24-7-5-20-35(48-24)49-37(57(38(20)59)26-8-6-23(40)30-32(26)55(3)52-36(30)53-62(4,60)61)25(12-17-10-18(41)13-19(42)11-17)47-28(58)15-56-33-29(31(51-56)34(43)44)21-14-22(21)39(33,45)46/h5-11,13,21-22,25,34H,12,14-15H2,1-4H3,(H,47,58)(H,52,53)/t21-,22+,25-/m0/s1. The number of nitrogens with one attached hydrogen (secondary N) is 2. The molecular weight excluding hydrogens is 868 g/mol. The minimum Gasteiger partial charge on any atom is -0.344 e. The molecule has 5 heterocycles. The van der Waals surface area contributed by atoms with E-state index >= 15 is 8.78 Å². The first-order valence-corrected chi connectivity index (χ1v) is 21.1. The Bertz CT molecular complexity index is 3200. The second-order valence-electron chi connectivity index (χ2n) is 15.4. The van der Waals surface area contributed by atoms with Crippen molar-refractivity contribution in [1.29, 1.82) is 0 Å². The number of aromatic nitrogens is 9. The molecule has 15 nitrogen and oxygen atoms in total. The number of anilines is 1. The lowest BCUT2D eigenvalue weighted by Crippen LogP contribution is -2.38. The van der Waals surface area contributed by atoms with E-state index in [2.05, 4.69) is 30.3 Å². The zero-order valence-electron chi connectivity index (χ0n) is 32.8. The van der Waals surface area contributed by atoms with Gasteiger partial charge in [0.25, 0.3) is 17.9 Å². The molecule has 7 aromatic rings. The normalized spacial score (nSPS) is 17.2. The molecule has 1 saturated carbocycles. The van der Waals surface area contributed by atoms with Gasteiger partial charge in [-0.05, 0) is 67.3 Å². The molecule has 62 heavy (non-hydrogen) atoms. The number of amides is 1. The minimum atomic E-state index is -3.92. The molecule has 2 N–H and O–H groups in total. The van der Waals surface area contributed by atoms with Crippen LogP contribution in [-0.2, 0) is 47.8 Å². The number of alkyl halides is 4. The SMILES string of the molecule is Cc1cc(-c2ccc3c(=O)n(-c4ccc(Cl)c5c(NS(C)(=O)=O)nn(C)c45)c([C@H](Cc4cc(F)cc(F)c4)NC(=O)Cn4nc(C(F)F)c5c4C(F)(F)[C@@H]4C[C@H]54)nc3n2)n(C)n1. The molecule has 322 valence electrons. The van der Waals surface area contributed by atoms with Crippen LogP contribution in [0.5, 0.6) is 0 Å². The Morgan fingerprint density at radius 1 is 1.00 bits per heavy atom. The first-order valence-electron chi connectivity index (χ1n) is 18.8. The number of rotatable bonds is 11. The number of hydrogen-bond acceptors (Lipinski definition) is 9. The molecule has 0 saturated heterocycles. The van der Waals surface area contributed by atoms with Crippen LogP contribution in [0.3, 0.4) is 0 Å². The summed E-state index contributed by atoms with van der Waals surface area (Å²) in [7, 11) is -0.790. The van der Waals surface area contributed by atoms with Crippen LogP contribution in [0.15, 0.2) is 53.3 Å². The maximum Gasteiger partial charge on any atom is 0.293 e. The van der Waals surface area contributed by atoms with Gasteiger partial charge in [0.2, 0.25) is 15.9 Å². The zero-order valence-corrected chi connectivity index (χ0v) is 34.3. The molecule has 0 radical (unpaired) electrons. The average molecular weight is 900 g/mol. The Hall–Kier alpha value is -6.29. The summed E-state index contributed by atoms with van der Waals surface area (Å²) in [5.41, 5.74) is -1.31. The van der Waals surface area contributed by atoms with E-state index in [1.54, 1.807) is 30.8 Å². The molecule has 3 atom stereocenters. The van der Waals surface area contributed by atoms with Crippen molar-refractivity contribution in [3.8, 4) is 17.1 Å². The first-order chi connectivity index (χ1) is 29.2. The topological polar surface area (TPSA) is 177 Å². The third-order valence-corrected chi connectivity index (χ3v) is 11.8. The third kappa shape index (κ3) is 6.93. The number of halogens is 7. The number of pyridine rings is 1. The predicted molar refractivity (Wildman–Crippen MR) is 213 cm³/mol. The summed E-state index contributed by atoms with van der Waals surface area (Å²) in [6, 6.07) is 8.54. The van der Waals surface area contributed by atoms with Gasteiger partial charge < -0.3 is 5.32 Å². The van der Waals surface area contributed by atoms with Crippen LogP contribution in [0.25, 0.3) is 39.0 Å². The van der Waals surface area contributed by atoms with Crippen molar-refractivity contribution in [2.75, 3.05) is 11.0 Å². The maximum atomic E-state index is 15.5. The Morgan fingerprint density at radius 3 is 2.39 bits per heavy atom. The summed E-state index contributed by atoms with van der Waals surface area (Å²) in [4.78, 5) is 38.6. The van der Waals surface area contributed by atoms with Crippen molar-refractivity contribution in [3.05, 3.63) is 110 Å². The van der Waals surface area contributed by atoms with Gasteiger partial charge in [0, 0.05) is 38.1 Å². The number of nitrogens with zero attached hydrogens (tertiary/aromatic N) is 9.